The molecular weight excluding hydrogens is 332 g/mol. The van der Waals surface area contributed by atoms with Gasteiger partial charge in [0.05, 0.1) is 5.75 Å². The quantitative estimate of drug-likeness (QED) is 0.626. The number of rotatable bonds is 6. The highest BCUT2D eigenvalue weighted by Crippen LogP contribution is 2.30. The topological polar surface area (TPSA) is 64.7 Å². The van der Waals surface area contributed by atoms with Crippen LogP contribution < -0.4 is 0 Å². The average molecular weight is 342 g/mol. The van der Waals surface area contributed by atoms with Crippen LogP contribution in [0.3, 0.4) is 0 Å². The van der Waals surface area contributed by atoms with E-state index in [0.717, 1.165) is 20.0 Å². The zero-order valence-corrected chi connectivity index (χ0v) is 13.7. The van der Waals surface area contributed by atoms with E-state index in [1.165, 1.54) is 0 Å². The van der Waals surface area contributed by atoms with Crippen molar-refractivity contribution in [1.29, 1.82) is 0 Å². The number of nitrogens with zero attached hydrogens (tertiary/aromatic N) is 4. The Morgan fingerprint density at radius 2 is 2.10 bits per heavy atom. The van der Waals surface area contributed by atoms with Gasteiger partial charge in [-0.05, 0) is 17.2 Å². The van der Waals surface area contributed by atoms with Crippen molar-refractivity contribution in [1.82, 2.24) is 20.3 Å². The number of thioether (sulfide) groups is 2. The highest BCUT2D eigenvalue weighted by molar-refractivity contribution is 8.02. The van der Waals surface area contributed by atoms with Gasteiger partial charge >= 0.3 is 0 Å². The van der Waals surface area contributed by atoms with E-state index in [9.17, 15) is 0 Å². The average Bonchev–Trinajstić information content (AvgIpc) is 3.18. The zero-order valence-electron chi connectivity index (χ0n) is 10.5. The van der Waals surface area contributed by atoms with Gasteiger partial charge in [-0.15, -0.1) is 10.2 Å². The molecule has 0 radical (unpaired) electrons. The Hall–Kier alpha value is -0.900. The standard InChI is InChI=1S/C11H10N4OS4/c1-2-18-10-13-14-11(20-10)19-6-8-12-9(15-16-8)7-3-4-17-5-7/h3-5H,2,6H2,1H3. The molecule has 0 aliphatic rings. The van der Waals surface area contributed by atoms with Crippen LogP contribution in [0.1, 0.15) is 12.8 Å². The zero-order chi connectivity index (χ0) is 13.8. The molecule has 5 nitrogen and oxygen atoms in total. The summed E-state index contributed by atoms with van der Waals surface area (Å²) < 4.78 is 7.16. The van der Waals surface area contributed by atoms with Crippen LogP contribution in [-0.4, -0.2) is 26.1 Å². The van der Waals surface area contributed by atoms with Crippen LogP contribution in [0.15, 0.2) is 30.0 Å². The van der Waals surface area contributed by atoms with Crippen LogP contribution in [0.4, 0.5) is 0 Å². The van der Waals surface area contributed by atoms with E-state index in [1.54, 1.807) is 46.2 Å². The Morgan fingerprint density at radius 3 is 2.85 bits per heavy atom. The van der Waals surface area contributed by atoms with E-state index in [4.69, 9.17) is 4.52 Å². The van der Waals surface area contributed by atoms with Crippen LogP contribution >= 0.6 is 46.2 Å². The Morgan fingerprint density at radius 1 is 1.25 bits per heavy atom. The van der Waals surface area contributed by atoms with Crippen molar-refractivity contribution >= 4 is 46.2 Å². The van der Waals surface area contributed by atoms with Crippen LogP contribution in [0.5, 0.6) is 0 Å². The third-order valence-electron chi connectivity index (χ3n) is 2.22. The van der Waals surface area contributed by atoms with Crippen LogP contribution in [0.25, 0.3) is 11.4 Å². The first kappa shape index (κ1) is 14.1. The predicted octanol–water partition coefficient (Wildman–Crippen LogP) is 4.05. The molecule has 0 unspecified atom stereocenters. The molecule has 9 heteroatoms. The molecule has 104 valence electrons. The largest absolute Gasteiger partial charge is 0.338 e. The Labute approximate surface area is 132 Å². The maximum Gasteiger partial charge on any atom is 0.237 e. The van der Waals surface area contributed by atoms with E-state index in [0.29, 0.717) is 17.5 Å². The van der Waals surface area contributed by atoms with Gasteiger partial charge in [0.25, 0.3) is 0 Å². The summed E-state index contributed by atoms with van der Waals surface area (Å²) in [5.41, 5.74) is 0.993. The fraction of sp³-hybridized carbons (Fsp3) is 0.273. The molecule has 3 aromatic rings. The van der Waals surface area contributed by atoms with Gasteiger partial charge in [0.15, 0.2) is 8.68 Å². The molecular formula is C11H10N4OS4. The first-order valence-corrected chi connectivity index (χ1v) is 9.52. The first-order valence-electron chi connectivity index (χ1n) is 5.79. The molecule has 3 heterocycles. The molecule has 0 atom stereocenters. The predicted molar refractivity (Wildman–Crippen MR) is 83.5 cm³/mol. The van der Waals surface area contributed by atoms with E-state index in [-0.39, 0.29) is 0 Å². The SMILES string of the molecule is CCSc1nnc(SCc2nc(-c3ccsc3)no2)s1. The Bertz CT molecular complexity index is 664. The summed E-state index contributed by atoms with van der Waals surface area (Å²) in [4.78, 5) is 4.37. The fourth-order valence-electron chi connectivity index (χ4n) is 1.38. The van der Waals surface area contributed by atoms with Gasteiger partial charge < -0.3 is 4.52 Å². The van der Waals surface area contributed by atoms with E-state index < -0.39 is 0 Å². The molecule has 0 aromatic carbocycles. The Kier molecular flexibility index (Phi) is 4.71. The lowest BCUT2D eigenvalue weighted by atomic mass is 10.3. The van der Waals surface area contributed by atoms with Crippen molar-refractivity contribution in [3.8, 4) is 11.4 Å². The first-order chi connectivity index (χ1) is 9.85. The van der Waals surface area contributed by atoms with Crippen molar-refractivity contribution < 1.29 is 4.52 Å². The molecule has 0 aliphatic carbocycles. The van der Waals surface area contributed by atoms with Gasteiger partial charge in [-0.25, -0.2) is 0 Å². The minimum Gasteiger partial charge on any atom is -0.338 e. The third-order valence-corrected chi connectivity index (χ3v) is 5.96. The molecule has 0 bridgehead atoms. The van der Waals surface area contributed by atoms with Crippen molar-refractivity contribution in [2.45, 2.75) is 21.4 Å². The smallest absolute Gasteiger partial charge is 0.237 e. The number of thiophene rings is 1. The van der Waals surface area contributed by atoms with Gasteiger partial charge in [-0.2, -0.15) is 16.3 Å². The van der Waals surface area contributed by atoms with Gasteiger partial charge in [0.2, 0.25) is 11.7 Å². The number of hydrogen-bond acceptors (Lipinski definition) is 9. The molecule has 0 aliphatic heterocycles. The van der Waals surface area contributed by atoms with Crippen LogP contribution in [-0.2, 0) is 5.75 Å². The van der Waals surface area contributed by atoms with Crippen molar-refractivity contribution in [2.75, 3.05) is 5.75 Å². The van der Waals surface area contributed by atoms with Gasteiger partial charge in [0.1, 0.15) is 0 Å². The molecule has 0 spiro atoms. The van der Waals surface area contributed by atoms with Crippen LogP contribution in [0.2, 0.25) is 0 Å². The van der Waals surface area contributed by atoms with Crippen molar-refractivity contribution in [3.05, 3.63) is 22.7 Å². The number of aromatic nitrogens is 4. The van der Waals surface area contributed by atoms with Crippen LogP contribution in [0, 0.1) is 0 Å². The maximum atomic E-state index is 5.24. The lowest BCUT2D eigenvalue weighted by Crippen LogP contribution is -1.81. The summed E-state index contributed by atoms with van der Waals surface area (Å²) in [5.74, 6) is 2.87. The Balaban J connectivity index is 1.60. The minimum atomic E-state index is 0.607. The van der Waals surface area contributed by atoms with Gasteiger partial charge in [0, 0.05) is 10.9 Å². The summed E-state index contributed by atoms with van der Waals surface area (Å²) in [6.07, 6.45) is 0. The lowest BCUT2D eigenvalue weighted by molar-refractivity contribution is 0.391. The van der Waals surface area contributed by atoms with E-state index >= 15 is 0 Å². The van der Waals surface area contributed by atoms with Crippen molar-refractivity contribution in [3.63, 3.8) is 0 Å². The van der Waals surface area contributed by atoms with E-state index in [2.05, 4.69) is 27.3 Å². The summed E-state index contributed by atoms with van der Waals surface area (Å²) >= 11 is 6.48. The van der Waals surface area contributed by atoms with E-state index in [1.807, 2.05) is 16.8 Å². The molecule has 0 N–H and O–H groups in total. The summed E-state index contributed by atoms with van der Waals surface area (Å²) in [5, 5.41) is 16.2. The highest BCUT2D eigenvalue weighted by Gasteiger charge is 2.11. The second kappa shape index (κ2) is 6.70. The summed E-state index contributed by atoms with van der Waals surface area (Å²) in [6, 6.07) is 1.98. The third kappa shape index (κ3) is 3.40. The molecule has 20 heavy (non-hydrogen) atoms. The molecule has 0 amide bonds. The summed E-state index contributed by atoms with van der Waals surface area (Å²) in [7, 11) is 0. The number of hydrogen-bond donors (Lipinski definition) is 0. The van der Waals surface area contributed by atoms with Crippen molar-refractivity contribution in [2.24, 2.45) is 0 Å². The maximum absolute atomic E-state index is 5.24. The fourth-order valence-corrected chi connectivity index (χ4v) is 4.77. The normalized spacial score (nSPS) is 11.1. The second-order valence-corrected chi connectivity index (χ2v) is 8.07. The molecule has 3 aromatic heterocycles. The summed E-state index contributed by atoms with van der Waals surface area (Å²) in [6.45, 7) is 2.10. The van der Waals surface area contributed by atoms with Gasteiger partial charge in [-0.3, -0.25) is 0 Å². The molecule has 3 rings (SSSR count). The second-order valence-electron chi connectivity index (χ2n) is 3.58. The molecule has 0 fully saturated rings. The lowest BCUT2D eigenvalue weighted by Gasteiger charge is -1.89. The minimum absolute atomic E-state index is 0.607. The van der Waals surface area contributed by atoms with Gasteiger partial charge in [-0.1, -0.05) is 46.9 Å². The molecule has 0 saturated carbocycles. The highest BCUT2D eigenvalue weighted by atomic mass is 32.2. The monoisotopic (exact) mass is 342 g/mol. The molecule has 0 saturated heterocycles.